The van der Waals surface area contributed by atoms with E-state index in [-0.39, 0.29) is 5.97 Å². The first-order chi connectivity index (χ1) is 9.22. The molecule has 0 fully saturated rings. The fraction of sp³-hybridized carbons (Fsp3) is 0.143. The number of aromatic nitrogens is 3. The summed E-state index contributed by atoms with van der Waals surface area (Å²) >= 11 is 0. The van der Waals surface area contributed by atoms with E-state index in [2.05, 4.69) is 10.1 Å². The number of aryl methyl sites for hydroxylation is 1. The summed E-state index contributed by atoms with van der Waals surface area (Å²) in [6.07, 6.45) is 1.71. The summed E-state index contributed by atoms with van der Waals surface area (Å²) in [5, 5.41) is 5.13. The first-order valence-electron chi connectivity index (χ1n) is 5.89. The van der Waals surface area contributed by atoms with Crippen LogP contribution in [-0.2, 0) is 11.8 Å². The molecular weight excluding hydrogens is 242 g/mol. The number of hydrogen-bond acceptors (Lipinski definition) is 3. The third-order valence-corrected chi connectivity index (χ3v) is 3.17. The number of esters is 1. The second-order valence-electron chi connectivity index (χ2n) is 4.25. The molecule has 3 aromatic rings. The lowest BCUT2D eigenvalue weighted by Crippen LogP contribution is -2.04. The van der Waals surface area contributed by atoms with Gasteiger partial charge < -0.3 is 9.72 Å². The average Bonchev–Trinajstić information content (AvgIpc) is 3.00. The van der Waals surface area contributed by atoms with Crippen molar-refractivity contribution in [2.75, 3.05) is 7.11 Å². The van der Waals surface area contributed by atoms with Crippen molar-refractivity contribution in [1.29, 1.82) is 0 Å². The number of rotatable bonds is 2. The topological polar surface area (TPSA) is 59.9 Å². The van der Waals surface area contributed by atoms with E-state index in [0.29, 0.717) is 5.69 Å². The molecule has 96 valence electrons. The molecule has 5 nitrogen and oxygen atoms in total. The molecule has 1 aromatic carbocycles. The molecule has 0 unspecified atom stereocenters. The Morgan fingerprint density at radius 2 is 2.11 bits per heavy atom. The molecule has 0 aliphatic heterocycles. The van der Waals surface area contributed by atoms with Gasteiger partial charge in [-0.15, -0.1) is 0 Å². The Bertz CT molecular complexity index is 755. The average molecular weight is 255 g/mol. The first kappa shape index (κ1) is 11.5. The minimum Gasteiger partial charge on any atom is -0.464 e. The van der Waals surface area contributed by atoms with E-state index < -0.39 is 0 Å². The highest BCUT2D eigenvalue weighted by molar-refractivity contribution is 6.07. The highest BCUT2D eigenvalue weighted by Gasteiger charge is 2.21. The van der Waals surface area contributed by atoms with Gasteiger partial charge >= 0.3 is 5.97 Å². The zero-order valence-electron chi connectivity index (χ0n) is 10.7. The molecule has 0 aliphatic rings. The van der Waals surface area contributed by atoms with Crippen LogP contribution in [0.4, 0.5) is 0 Å². The van der Waals surface area contributed by atoms with E-state index >= 15 is 0 Å². The van der Waals surface area contributed by atoms with Gasteiger partial charge in [0.15, 0.2) is 0 Å². The first-order valence-corrected chi connectivity index (χ1v) is 5.89. The fourth-order valence-corrected chi connectivity index (χ4v) is 2.28. The maximum Gasteiger partial charge on any atom is 0.355 e. The molecule has 0 bridgehead atoms. The van der Waals surface area contributed by atoms with E-state index in [0.717, 1.165) is 22.2 Å². The molecule has 0 saturated heterocycles. The van der Waals surface area contributed by atoms with Crippen LogP contribution < -0.4 is 0 Å². The van der Waals surface area contributed by atoms with Crippen molar-refractivity contribution in [2.45, 2.75) is 0 Å². The molecule has 2 aromatic heterocycles. The van der Waals surface area contributed by atoms with Crippen molar-refractivity contribution < 1.29 is 9.53 Å². The van der Waals surface area contributed by atoms with Gasteiger partial charge in [0.1, 0.15) is 5.69 Å². The Morgan fingerprint density at radius 1 is 1.32 bits per heavy atom. The molecule has 3 rings (SSSR count). The standard InChI is InChI=1S/C14H13N3O2/c1-17-11(7-8-15-17)12-9-5-3-4-6-10(9)16-13(12)14(18)19-2/h3-8,16H,1-2H3. The maximum atomic E-state index is 11.9. The molecule has 0 spiro atoms. The number of fused-ring (bicyclic) bond motifs is 1. The van der Waals surface area contributed by atoms with Crippen LogP contribution in [0.15, 0.2) is 36.5 Å². The minimum absolute atomic E-state index is 0.382. The molecular formula is C14H13N3O2. The lowest BCUT2D eigenvalue weighted by molar-refractivity contribution is 0.0596. The van der Waals surface area contributed by atoms with Gasteiger partial charge in [0.25, 0.3) is 0 Å². The second-order valence-corrected chi connectivity index (χ2v) is 4.25. The minimum atomic E-state index is -0.382. The predicted octanol–water partition coefficient (Wildman–Crippen LogP) is 2.36. The predicted molar refractivity (Wildman–Crippen MR) is 71.8 cm³/mol. The van der Waals surface area contributed by atoms with Crippen LogP contribution in [0.25, 0.3) is 22.2 Å². The van der Waals surface area contributed by atoms with Gasteiger partial charge in [-0.25, -0.2) is 4.79 Å². The number of para-hydroxylation sites is 1. The van der Waals surface area contributed by atoms with Gasteiger partial charge in [-0.05, 0) is 12.1 Å². The molecule has 0 radical (unpaired) electrons. The zero-order chi connectivity index (χ0) is 13.4. The molecule has 0 saturated carbocycles. The summed E-state index contributed by atoms with van der Waals surface area (Å²) in [4.78, 5) is 15.0. The van der Waals surface area contributed by atoms with E-state index in [1.165, 1.54) is 7.11 Å². The van der Waals surface area contributed by atoms with Crippen molar-refractivity contribution in [3.8, 4) is 11.3 Å². The fourth-order valence-electron chi connectivity index (χ4n) is 2.28. The second kappa shape index (κ2) is 4.28. The van der Waals surface area contributed by atoms with Crippen molar-refractivity contribution in [3.63, 3.8) is 0 Å². The molecule has 1 N–H and O–H groups in total. The Morgan fingerprint density at radius 3 is 2.79 bits per heavy atom. The van der Waals surface area contributed by atoms with Crippen molar-refractivity contribution in [2.24, 2.45) is 7.05 Å². The number of ether oxygens (including phenoxy) is 1. The third kappa shape index (κ3) is 1.71. The summed E-state index contributed by atoms with van der Waals surface area (Å²) in [6, 6.07) is 9.65. The smallest absolute Gasteiger partial charge is 0.355 e. The van der Waals surface area contributed by atoms with E-state index in [9.17, 15) is 4.79 Å². The molecule has 19 heavy (non-hydrogen) atoms. The highest BCUT2D eigenvalue weighted by Crippen LogP contribution is 2.32. The van der Waals surface area contributed by atoms with Crippen LogP contribution in [0.3, 0.4) is 0 Å². The van der Waals surface area contributed by atoms with Crippen LogP contribution in [0.1, 0.15) is 10.5 Å². The van der Waals surface area contributed by atoms with Crippen LogP contribution in [0.5, 0.6) is 0 Å². The number of methoxy groups -OCH3 is 1. The van der Waals surface area contributed by atoms with Crippen LogP contribution in [-0.4, -0.2) is 27.8 Å². The van der Waals surface area contributed by atoms with Gasteiger partial charge in [-0.2, -0.15) is 5.10 Å². The van der Waals surface area contributed by atoms with Crippen LogP contribution in [0.2, 0.25) is 0 Å². The molecule has 0 aliphatic carbocycles. The van der Waals surface area contributed by atoms with Crippen LogP contribution >= 0.6 is 0 Å². The summed E-state index contributed by atoms with van der Waals surface area (Å²) < 4.78 is 6.58. The van der Waals surface area contributed by atoms with Crippen molar-refractivity contribution in [1.82, 2.24) is 14.8 Å². The Kier molecular flexibility index (Phi) is 2.59. The summed E-state index contributed by atoms with van der Waals surface area (Å²) in [7, 11) is 3.22. The molecule has 5 heteroatoms. The van der Waals surface area contributed by atoms with E-state index in [4.69, 9.17) is 4.74 Å². The summed E-state index contributed by atoms with van der Waals surface area (Å²) in [5.41, 5.74) is 3.05. The molecule has 2 heterocycles. The third-order valence-electron chi connectivity index (χ3n) is 3.17. The van der Waals surface area contributed by atoms with Crippen molar-refractivity contribution >= 4 is 16.9 Å². The quantitative estimate of drug-likeness (QED) is 0.715. The van der Waals surface area contributed by atoms with Gasteiger partial charge in [0.2, 0.25) is 0 Å². The number of nitrogens with one attached hydrogen (secondary N) is 1. The number of carbonyl (C=O) groups is 1. The SMILES string of the molecule is COC(=O)c1[nH]c2ccccc2c1-c1ccnn1C. The number of nitrogens with zero attached hydrogens (tertiary/aromatic N) is 2. The van der Waals surface area contributed by atoms with Gasteiger partial charge in [-0.3, -0.25) is 4.68 Å². The van der Waals surface area contributed by atoms with E-state index in [1.54, 1.807) is 10.9 Å². The lowest BCUT2D eigenvalue weighted by Gasteiger charge is -2.04. The van der Waals surface area contributed by atoms with Gasteiger partial charge in [0, 0.05) is 29.7 Å². The Labute approximate surface area is 109 Å². The van der Waals surface area contributed by atoms with Gasteiger partial charge in [0.05, 0.1) is 12.8 Å². The molecule has 0 atom stereocenters. The number of H-pyrrole nitrogens is 1. The van der Waals surface area contributed by atoms with Crippen LogP contribution in [0, 0.1) is 0 Å². The number of carbonyl (C=O) groups excluding carboxylic acids is 1. The maximum absolute atomic E-state index is 11.9. The van der Waals surface area contributed by atoms with Crippen molar-refractivity contribution in [3.05, 3.63) is 42.2 Å². The highest BCUT2D eigenvalue weighted by atomic mass is 16.5. The largest absolute Gasteiger partial charge is 0.464 e. The van der Waals surface area contributed by atoms with E-state index in [1.807, 2.05) is 37.4 Å². The Hall–Kier alpha value is -2.56. The molecule has 0 amide bonds. The lowest BCUT2D eigenvalue weighted by atomic mass is 10.1. The zero-order valence-corrected chi connectivity index (χ0v) is 10.7. The summed E-state index contributed by atoms with van der Waals surface area (Å²) in [5.74, 6) is -0.382. The number of hydrogen-bond donors (Lipinski definition) is 1. The number of aromatic amines is 1. The monoisotopic (exact) mass is 255 g/mol. The summed E-state index contributed by atoms with van der Waals surface area (Å²) in [6.45, 7) is 0. The van der Waals surface area contributed by atoms with Gasteiger partial charge in [-0.1, -0.05) is 18.2 Å². The normalized spacial score (nSPS) is 10.8. The Balaban J connectivity index is 2.37. The number of benzene rings is 1.